The molecule has 1 heterocycles. The minimum absolute atomic E-state index is 0.444. The van der Waals surface area contributed by atoms with Crippen LogP contribution in [0.3, 0.4) is 0 Å². The molecule has 1 aromatic rings. The van der Waals surface area contributed by atoms with Crippen LogP contribution in [0.2, 0.25) is 5.15 Å². The summed E-state index contributed by atoms with van der Waals surface area (Å²) >= 11 is 6.19. The van der Waals surface area contributed by atoms with E-state index >= 15 is 0 Å². The minimum atomic E-state index is -0.630. The van der Waals surface area contributed by atoms with E-state index in [0.29, 0.717) is 16.6 Å². The maximum Gasteiger partial charge on any atom is 0.427 e. The molecule has 0 aliphatic carbocycles. The number of amides is 1. The highest BCUT2D eigenvalue weighted by Crippen LogP contribution is 2.18. The normalized spacial score (nSPS) is 11.2. The van der Waals surface area contributed by atoms with Crippen LogP contribution >= 0.6 is 11.6 Å². The van der Waals surface area contributed by atoms with Crippen molar-refractivity contribution in [3.63, 3.8) is 0 Å². The van der Waals surface area contributed by atoms with E-state index in [-0.39, 0.29) is 0 Å². The van der Waals surface area contributed by atoms with Gasteiger partial charge in [-0.1, -0.05) is 25.4 Å². The summed E-state index contributed by atoms with van der Waals surface area (Å²) in [5, 5.41) is 8.57. The van der Waals surface area contributed by atoms with Gasteiger partial charge in [-0.25, -0.2) is 10.2 Å². The molecule has 0 unspecified atom stereocenters. The van der Waals surface area contributed by atoms with Crippen LogP contribution in [0.1, 0.15) is 25.1 Å². The first-order valence-electron chi connectivity index (χ1n) is 5.55. The predicted octanol–water partition coefficient (Wildman–Crippen LogP) is 2.19. The lowest BCUT2D eigenvalue weighted by atomic mass is 10.2. The van der Waals surface area contributed by atoms with Crippen molar-refractivity contribution < 1.29 is 9.53 Å². The average Bonchev–Trinajstić information content (AvgIpc) is 2.55. The molecule has 0 aliphatic rings. The van der Waals surface area contributed by atoms with Crippen LogP contribution in [0, 0.1) is 12.8 Å². The first-order chi connectivity index (χ1) is 8.45. The Bertz CT molecular complexity index is 454. The van der Waals surface area contributed by atoms with Crippen molar-refractivity contribution >= 4 is 23.9 Å². The molecular formula is C11H17ClN4O2. The number of hydrogen-bond acceptors (Lipinski definition) is 4. The summed E-state index contributed by atoms with van der Waals surface area (Å²) in [6.45, 7) is 6.74. The van der Waals surface area contributed by atoms with Crippen LogP contribution in [0.25, 0.3) is 0 Å². The maximum absolute atomic E-state index is 10.8. The van der Waals surface area contributed by atoms with E-state index in [1.165, 1.54) is 13.3 Å². The van der Waals surface area contributed by atoms with Crippen LogP contribution in [0.15, 0.2) is 5.10 Å². The van der Waals surface area contributed by atoms with Crippen molar-refractivity contribution in [2.75, 3.05) is 7.11 Å². The number of hydrogen-bond donors (Lipinski definition) is 1. The number of ether oxygens (including phenoxy) is 1. The smallest absolute Gasteiger partial charge is 0.427 e. The van der Waals surface area contributed by atoms with Gasteiger partial charge in [0.1, 0.15) is 5.15 Å². The quantitative estimate of drug-likeness (QED) is 0.675. The van der Waals surface area contributed by atoms with Crippen LogP contribution in [0.5, 0.6) is 0 Å². The van der Waals surface area contributed by atoms with E-state index in [4.69, 9.17) is 11.6 Å². The molecule has 6 nitrogen and oxygen atoms in total. The number of carbonyl (C=O) groups is 1. The van der Waals surface area contributed by atoms with E-state index in [1.54, 1.807) is 4.68 Å². The third-order valence-electron chi connectivity index (χ3n) is 2.18. The lowest BCUT2D eigenvalue weighted by Gasteiger charge is -2.05. The van der Waals surface area contributed by atoms with Crippen molar-refractivity contribution in [1.82, 2.24) is 15.2 Å². The van der Waals surface area contributed by atoms with Crippen molar-refractivity contribution in [1.29, 1.82) is 0 Å². The second kappa shape index (κ2) is 6.39. The Labute approximate surface area is 111 Å². The standard InChI is InChI=1S/C11H17ClN4O2/c1-7(2)6-16-10(12)9(8(3)15-16)5-13-14-11(17)18-4/h5,7H,6H2,1-4H3,(H,14,17)/b13-5-. The molecular weight excluding hydrogens is 256 g/mol. The van der Waals surface area contributed by atoms with E-state index in [1.807, 2.05) is 6.92 Å². The molecule has 0 saturated heterocycles. The molecule has 0 spiro atoms. The van der Waals surface area contributed by atoms with Gasteiger partial charge in [0.2, 0.25) is 0 Å². The second-order valence-corrected chi connectivity index (χ2v) is 4.59. The number of carbonyl (C=O) groups excluding carboxylic acids is 1. The lowest BCUT2D eigenvalue weighted by Crippen LogP contribution is -2.16. The number of aryl methyl sites for hydroxylation is 1. The average molecular weight is 273 g/mol. The van der Waals surface area contributed by atoms with E-state index in [9.17, 15) is 4.79 Å². The number of nitrogens with one attached hydrogen (secondary N) is 1. The Morgan fingerprint density at radius 3 is 2.89 bits per heavy atom. The van der Waals surface area contributed by atoms with E-state index in [0.717, 1.165) is 12.2 Å². The highest BCUT2D eigenvalue weighted by molar-refractivity contribution is 6.32. The second-order valence-electron chi connectivity index (χ2n) is 4.23. The largest absolute Gasteiger partial charge is 0.452 e. The van der Waals surface area contributed by atoms with E-state index in [2.05, 4.69) is 34.2 Å². The number of halogens is 1. The summed E-state index contributed by atoms with van der Waals surface area (Å²) < 4.78 is 6.11. The molecule has 0 fully saturated rings. The summed E-state index contributed by atoms with van der Waals surface area (Å²) in [6, 6.07) is 0. The molecule has 0 saturated carbocycles. The summed E-state index contributed by atoms with van der Waals surface area (Å²) in [4.78, 5) is 10.8. The number of hydrazone groups is 1. The molecule has 100 valence electrons. The lowest BCUT2D eigenvalue weighted by molar-refractivity contribution is 0.171. The summed E-state index contributed by atoms with van der Waals surface area (Å²) in [5.41, 5.74) is 3.65. The molecule has 0 bridgehead atoms. The number of aromatic nitrogens is 2. The molecule has 0 aromatic carbocycles. The van der Waals surface area contributed by atoms with E-state index < -0.39 is 6.09 Å². The van der Waals surface area contributed by atoms with Crippen molar-refractivity contribution in [3.8, 4) is 0 Å². The zero-order valence-electron chi connectivity index (χ0n) is 10.9. The molecule has 1 amide bonds. The van der Waals surface area contributed by atoms with Gasteiger partial charge >= 0.3 is 6.09 Å². The fraction of sp³-hybridized carbons (Fsp3) is 0.545. The van der Waals surface area contributed by atoms with Crippen molar-refractivity contribution in [2.24, 2.45) is 11.0 Å². The molecule has 18 heavy (non-hydrogen) atoms. The van der Waals surface area contributed by atoms with Gasteiger partial charge in [-0.05, 0) is 12.8 Å². The fourth-order valence-electron chi connectivity index (χ4n) is 1.38. The Hall–Kier alpha value is -1.56. The van der Waals surface area contributed by atoms with Crippen LogP contribution in [-0.2, 0) is 11.3 Å². The maximum atomic E-state index is 10.8. The third-order valence-corrected chi connectivity index (χ3v) is 2.58. The Morgan fingerprint density at radius 2 is 2.33 bits per heavy atom. The topological polar surface area (TPSA) is 68.5 Å². The van der Waals surface area contributed by atoms with Gasteiger partial charge in [0, 0.05) is 6.54 Å². The molecule has 0 aliphatic heterocycles. The van der Waals surface area contributed by atoms with Crippen LogP contribution in [-0.4, -0.2) is 29.2 Å². The monoisotopic (exact) mass is 272 g/mol. The Kier molecular flexibility index (Phi) is 5.15. The molecule has 1 N–H and O–H groups in total. The summed E-state index contributed by atoms with van der Waals surface area (Å²) in [5.74, 6) is 0.444. The van der Waals surface area contributed by atoms with Gasteiger partial charge in [0.25, 0.3) is 0 Å². The van der Waals surface area contributed by atoms with Gasteiger partial charge < -0.3 is 4.74 Å². The molecule has 1 aromatic heterocycles. The first-order valence-corrected chi connectivity index (χ1v) is 5.93. The van der Waals surface area contributed by atoms with Crippen molar-refractivity contribution in [2.45, 2.75) is 27.3 Å². The van der Waals surface area contributed by atoms with Gasteiger partial charge in [0.05, 0.1) is 24.6 Å². The Balaban J connectivity index is 2.83. The number of nitrogens with zero attached hydrogens (tertiary/aromatic N) is 3. The predicted molar refractivity (Wildman–Crippen MR) is 69.9 cm³/mol. The molecule has 1 rings (SSSR count). The molecule has 7 heteroatoms. The van der Waals surface area contributed by atoms with Crippen molar-refractivity contribution in [3.05, 3.63) is 16.4 Å². The SMILES string of the molecule is COC(=O)N/N=C\c1c(C)nn(CC(C)C)c1Cl. The highest BCUT2D eigenvalue weighted by Gasteiger charge is 2.12. The number of rotatable bonds is 4. The van der Waals surface area contributed by atoms with Gasteiger partial charge in [-0.2, -0.15) is 10.2 Å². The van der Waals surface area contributed by atoms with Gasteiger partial charge in [-0.15, -0.1) is 0 Å². The highest BCUT2D eigenvalue weighted by atomic mass is 35.5. The molecule has 0 atom stereocenters. The van der Waals surface area contributed by atoms with Crippen LogP contribution < -0.4 is 5.43 Å². The molecule has 0 radical (unpaired) electrons. The summed E-state index contributed by atoms with van der Waals surface area (Å²) in [7, 11) is 1.27. The summed E-state index contributed by atoms with van der Waals surface area (Å²) in [6.07, 6.45) is 0.827. The zero-order chi connectivity index (χ0) is 13.7. The van der Waals surface area contributed by atoms with Crippen LogP contribution in [0.4, 0.5) is 4.79 Å². The Morgan fingerprint density at radius 1 is 1.67 bits per heavy atom. The minimum Gasteiger partial charge on any atom is -0.452 e. The van der Waals surface area contributed by atoms with Gasteiger partial charge in [0.15, 0.2) is 0 Å². The van der Waals surface area contributed by atoms with Gasteiger partial charge in [-0.3, -0.25) is 4.68 Å². The first kappa shape index (κ1) is 14.5. The fourth-order valence-corrected chi connectivity index (χ4v) is 1.67. The zero-order valence-corrected chi connectivity index (χ0v) is 11.7. The third kappa shape index (κ3) is 3.73. The number of methoxy groups -OCH3 is 1.